The molecule has 1 aromatic heterocycles. The summed E-state index contributed by atoms with van der Waals surface area (Å²) in [4.78, 5) is 28.6. The van der Waals surface area contributed by atoms with Crippen molar-refractivity contribution in [3.63, 3.8) is 0 Å². The number of nitrogens with zero attached hydrogens (tertiary/aromatic N) is 3. The Balaban J connectivity index is 1.76. The maximum absolute atomic E-state index is 13.0. The number of rotatable bonds is 8. The third-order valence-electron chi connectivity index (χ3n) is 5.80. The predicted molar refractivity (Wildman–Crippen MR) is 130 cm³/mol. The molecule has 3 aromatic rings. The molecule has 1 amide bonds. The summed E-state index contributed by atoms with van der Waals surface area (Å²) in [5.41, 5.74) is 2.66. The second kappa shape index (κ2) is 10.2. The van der Waals surface area contributed by atoms with Crippen LogP contribution in [0.15, 0.2) is 47.6 Å². The zero-order valence-electron chi connectivity index (χ0n) is 19.4. The van der Waals surface area contributed by atoms with E-state index in [-0.39, 0.29) is 18.0 Å². The molecule has 1 atom stereocenters. The Morgan fingerprint density at radius 2 is 1.80 bits per heavy atom. The number of hydrazone groups is 1. The minimum atomic E-state index is -1.06. The van der Waals surface area contributed by atoms with Crippen LogP contribution in [0, 0.1) is 0 Å². The smallest absolute Gasteiger partial charge is 0.303 e. The molecule has 0 aliphatic carbocycles. The summed E-state index contributed by atoms with van der Waals surface area (Å²) in [5, 5.41) is 16.0. The van der Waals surface area contributed by atoms with Gasteiger partial charge in [-0.1, -0.05) is 11.6 Å². The van der Waals surface area contributed by atoms with Gasteiger partial charge in [0.1, 0.15) is 10.9 Å². The third kappa shape index (κ3) is 5.00. The first-order chi connectivity index (χ1) is 16.8. The Hall–Kier alpha value is -3.85. The lowest BCUT2D eigenvalue weighted by atomic mass is 9.98. The highest BCUT2D eigenvalue weighted by molar-refractivity contribution is 6.30. The van der Waals surface area contributed by atoms with E-state index in [1.165, 1.54) is 12.1 Å². The van der Waals surface area contributed by atoms with E-state index in [0.29, 0.717) is 40.5 Å². The fourth-order valence-electron chi connectivity index (χ4n) is 4.01. The van der Waals surface area contributed by atoms with E-state index in [2.05, 4.69) is 10.1 Å². The minimum absolute atomic E-state index is 0.193. The normalized spacial score (nSPS) is 15.1. The van der Waals surface area contributed by atoms with Crippen molar-refractivity contribution in [1.82, 2.24) is 9.99 Å². The van der Waals surface area contributed by atoms with Gasteiger partial charge in [-0.2, -0.15) is 5.10 Å². The molecule has 0 spiro atoms. The number of pyridine rings is 1. The number of halogens is 1. The second-order valence-electron chi connectivity index (χ2n) is 7.90. The van der Waals surface area contributed by atoms with Gasteiger partial charge in [-0.25, -0.2) is 9.99 Å². The van der Waals surface area contributed by atoms with Gasteiger partial charge in [-0.05, 0) is 42.5 Å². The van der Waals surface area contributed by atoms with Gasteiger partial charge < -0.3 is 19.3 Å². The van der Waals surface area contributed by atoms with Crippen LogP contribution < -0.4 is 14.2 Å². The van der Waals surface area contributed by atoms with E-state index in [9.17, 15) is 9.59 Å². The zero-order valence-corrected chi connectivity index (χ0v) is 20.2. The van der Waals surface area contributed by atoms with Gasteiger partial charge >= 0.3 is 5.97 Å². The summed E-state index contributed by atoms with van der Waals surface area (Å²) in [6.45, 7) is 0. The van der Waals surface area contributed by atoms with E-state index in [4.69, 9.17) is 30.9 Å². The maximum Gasteiger partial charge on any atom is 0.303 e. The van der Waals surface area contributed by atoms with Gasteiger partial charge in [-0.15, -0.1) is 0 Å². The van der Waals surface area contributed by atoms with Crippen LogP contribution in [0.5, 0.6) is 17.2 Å². The van der Waals surface area contributed by atoms with Crippen LogP contribution in [0.1, 0.15) is 36.4 Å². The first kappa shape index (κ1) is 24.3. The molecule has 1 N–H and O–H groups in total. The lowest BCUT2D eigenvalue weighted by molar-refractivity contribution is -0.141. The number of carbonyl (C=O) groups excluding carboxylic acids is 1. The third-order valence-corrected chi connectivity index (χ3v) is 6.10. The van der Waals surface area contributed by atoms with Crippen molar-refractivity contribution in [3.05, 3.63) is 58.7 Å². The lowest BCUT2D eigenvalue weighted by Crippen LogP contribution is -2.27. The number of aliphatic carboxylic acids is 1. The summed E-state index contributed by atoms with van der Waals surface area (Å²) in [7, 11) is 4.67. The van der Waals surface area contributed by atoms with Crippen molar-refractivity contribution in [3.8, 4) is 17.2 Å². The number of carboxylic acid groups (broad SMARTS) is 1. The van der Waals surface area contributed by atoms with E-state index >= 15 is 0 Å². The number of fused-ring (bicyclic) bond motifs is 1. The van der Waals surface area contributed by atoms with E-state index in [0.717, 1.165) is 10.9 Å². The Bertz CT molecular complexity index is 1330. The summed E-state index contributed by atoms with van der Waals surface area (Å²) in [6.07, 6.45) is -0.143. The molecule has 0 radical (unpaired) electrons. The Morgan fingerprint density at radius 1 is 1.03 bits per heavy atom. The molecule has 1 aliphatic heterocycles. The van der Waals surface area contributed by atoms with E-state index < -0.39 is 17.9 Å². The molecule has 10 heteroatoms. The van der Waals surface area contributed by atoms with Crippen molar-refractivity contribution in [1.29, 1.82) is 0 Å². The monoisotopic (exact) mass is 497 g/mol. The van der Waals surface area contributed by atoms with Crippen molar-refractivity contribution in [2.45, 2.75) is 25.3 Å². The van der Waals surface area contributed by atoms with Crippen LogP contribution in [0.25, 0.3) is 10.9 Å². The number of amides is 1. The van der Waals surface area contributed by atoms with E-state index in [1.54, 1.807) is 38.5 Å². The number of hydrogen-bond donors (Lipinski definition) is 1. The van der Waals surface area contributed by atoms with Crippen LogP contribution >= 0.6 is 11.6 Å². The molecular formula is C25H24ClN3O6. The molecule has 0 unspecified atom stereocenters. The molecule has 0 bridgehead atoms. The second-order valence-corrected chi connectivity index (χ2v) is 8.25. The molecule has 1 aliphatic rings. The van der Waals surface area contributed by atoms with Gasteiger partial charge in [0.25, 0.3) is 0 Å². The molecule has 0 saturated heterocycles. The molecule has 182 valence electrons. The number of methoxy groups -OCH3 is 3. The standard InChI is InChI=1S/C25H24ClN3O6/c1-33-16-5-6-18-15(10-16)11-17(25(26)27-18)20-13-19(28-29(20)23(30)8-9-24(31)32)14-4-7-21(34-2)22(12-14)35-3/h4-7,10-12,20H,8-9,13H2,1-3H3,(H,31,32)/t20-/m1/s1. The van der Waals surface area contributed by atoms with Crippen LogP contribution in [0.2, 0.25) is 5.15 Å². The summed E-state index contributed by atoms with van der Waals surface area (Å²) >= 11 is 6.57. The lowest BCUT2D eigenvalue weighted by Gasteiger charge is -2.23. The summed E-state index contributed by atoms with van der Waals surface area (Å²) in [6, 6.07) is 12.1. The molecule has 2 heterocycles. The number of aromatic nitrogens is 1. The Morgan fingerprint density at radius 3 is 2.49 bits per heavy atom. The van der Waals surface area contributed by atoms with Gasteiger partial charge in [0.15, 0.2) is 11.5 Å². The van der Waals surface area contributed by atoms with E-state index in [1.807, 2.05) is 18.2 Å². The SMILES string of the molecule is COc1ccc2nc(Cl)c([C@H]3CC(c4ccc(OC)c(OC)c4)=NN3C(=O)CCC(=O)O)cc2c1. The quantitative estimate of drug-likeness (QED) is 0.457. The van der Waals surface area contributed by atoms with Crippen molar-refractivity contribution >= 4 is 40.1 Å². The molecule has 0 saturated carbocycles. The highest BCUT2D eigenvalue weighted by Crippen LogP contribution is 2.39. The highest BCUT2D eigenvalue weighted by Gasteiger charge is 2.35. The van der Waals surface area contributed by atoms with Crippen molar-refractivity contribution in [2.75, 3.05) is 21.3 Å². The largest absolute Gasteiger partial charge is 0.497 e. The molecule has 9 nitrogen and oxygen atoms in total. The summed E-state index contributed by atoms with van der Waals surface area (Å²) in [5.74, 6) is 0.273. The summed E-state index contributed by atoms with van der Waals surface area (Å²) < 4.78 is 16.0. The minimum Gasteiger partial charge on any atom is -0.497 e. The number of carbonyl (C=O) groups is 2. The van der Waals surface area contributed by atoms with Gasteiger partial charge in [0.05, 0.1) is 45.0 Å². The fourth-order valence-corrected chi connectivity index (χ4v) is 4.28. The van der Waals surface area contributed by atoms with Crippen LogP contribution in [0.3, 0.4) is 0 Å². The van der Waals surface area contributed by atoms with Crippen LogP contribution in [-0.4, -0.2) is 54.0 Å². The average molecular weight is 498 g/mol. The Labute approximate surface area is 206 Å². The first-order valence-corrected chi connectivity index (χ1v) is 11.2. The molecule has 4 rings (SSSR count). The van der Waals surface area contributed by atoms with Gasteiger partial charge in [0.2, 0.25) is 5.91 Å². The maximum atomic E-state index is 13.0. The fraction of sp³-hybridized carbons (Fsp3) is 0.280. The van der Waals surface area contributed by atoms with Gasteiger partial charge in [0, 0.05) is 29.4 Å². The zero-order chi connectivity index (χ0) is 25.1. The topological polar surface area (TPSA) is 111 Å². The van der Waals surface area contributed by atoms with Gasteiger partial charge in [-0.3, -0.25) is 9.59 Å². The van der Waals surface area contributed by atoms with Crippen LogP contribution in [-0.2, 0) is 9.59 Å². The number of benzene rings is 2. The van der Waals surface area contributed by atoms with Crippen LogP contribution in [0.4, 0.5) is 0 Å². The molecule has 2 aromatic carbocycles. The molecular weight excluding hydrogens is 474 g/mol. The highest BCUT2D eigenvalue weighted by atomic mass is 35.5. The van der Waals surface area contributed by atoms with Crippen molar-refractivity contribution in [2.24, 2.45) is 5.10 Å². The van der Waals surface area contributed by atoms with Crippen molar-refractivity contribution < 1.29 is 28.9 Å². The average Bonchev–Trinajstić information content (AvgIpc) is 3.31. The first-order valence-electron chi connectivity index (χ1n) is 10.8. The predicted octanol–water partition coefficient (Wildman–Crippen LogP) is 4.46. The Kier molecular flexibility index (Phi) is 7.07. The molecule has 0 fully saturated rings. The number of ether oxygens (including phenoxy) is 3. The number of hydrogen-bond acceptors (Lipinski definition) is 7. The number of carboxylic acids is 1. The molecule has 35 heavy (non-hydrogen) atoms.